The van der Waals surface area contributed by atoms with E-state index in [-0.39, 0.29) is 36.0 Å². The van der Waals surface area contributed by atoms with Gasteiger partial charge in [-0.05, 0) is 48.7 Å². The third kappa shape index (κ3) is 8.41. The van der Waals surface area contributed by atoms with Crippen LogP contribution in [0, 0.1) is 5.41 Å². The predicted octanol–water partition coefficient (Wildman–Crippen LogP) is 4.92. The third-order valence-electron chi connectivity index (χ3n) is 5.26. The minimum absolute atomic E-state index is 0.0261. The molecule has 0 bridgehead atoms. The summed E-state index contributed by atoms with van der Waals surface area (Å²) >= 11 is 0. The molecule has 5 nitrogen and oxygen atoms in total. The van der Waals surface area contributed by atoms with E-state index in [1.54, 1.807) is 0 Å². The number of benzene rings is 2. The molecule has 0 aliphatic carbocycles. The molecule has 2 aromatic rings. The van der Waals surface area contributed by atoms with Crippen LogP contribution in [0.3, 0.4) is 0 Å². The Kier molecular flexibility index (Phi) is 9.94. The van der Waals surface area contributed by atoms with Crippen molar-refractivity contribution < 1.29 is 18.7 Å². The van der Waals surface area contributed by atoms with Gasteiger partial charge in [-0.1, -0.05) is 63.2 Å². The van der Waals surface area contributed by atoms with Crippen LogP contribution in [0.5, 0.6) is 5.75 Å². The Bertz CT molecular complexity index is 818. The highest BCUT2D eigenvalue weighted by Crippen LogP contribution is 2.38. The lowest BCUT2D eigenvalue weighted by Crippen LogP contribution is -2.49. The Hall–Kier alpha value is -2.15. The van der Waals surface area contributed by atoms with Crippen LogP contribution in [0.15, 0.2) is 54.6 Å². The van der Waals surface area contributed by atoms with E-state index in [1.165, 1.54) is 12.7 Å². The molecule has 0 aliphatic rings. The summed E-state index contributed by atoms with van der Waals surface area (Å²) in [5, 5.41) is 3.70. The van der Waals surface area contributed by atoms with E-state index in [9.17, 15) is 4.79 Å². The molecule has 0 radical (unpaired) electrons. The SMILES string of the molecule is COC(=O)Cc1ccc(OC[C@H](C)NC(O[SiH](C)C)[C@@H](c2ccccc2)C(C)(C)C)cc1. The topological polar surface area (TPSA) is 56.8 Å². The van der Waals surface area contributed by atoms with Gasteiger partial charge in [-0.15, -0.1) is 0 Å². The van der Waals surface area contributed by atoms with E-state index < -0.39 is 9.04 Å². The van der Waals surface area contributed by atoms with E-state index >= 15 is 0 Å². The van der Waals surface area contributed by atoms with E-state index in [0.29, 0.717) is 6.61 Å². The molecule has 0 aromatic heterocycles. The van der Waals surface area contributed by atoms with Crippen molar-refractivity contribution in [3.05, 3.63) is 65.7 Å². The van der Waals surface area contributed by atoms with Gasteiger partial charge in [-0.3, -0.25) is 10.1 Å². The van der Waals surface area contributed by atoms with Crippen molar-refractivity contribution in [2.45, 2.75) is 65.4 Å². The Morgan fingerprint density at radius 2 is 1.66 bits per heavy atom. The molecule has 0 saturated carbocycles. The molecule has 176 valence electrons. The van der Waals surface area contributed by atoms with Gasteiger partial charge < -0.3 is 13.9 Å². The molecule has 2 rings (SSSR count). The fourth-order valence-corrected chi connectivity index (χ4v) is 4.61. The largest absolute Gasteiger partial charge is 0.492 e. The van der Waals surface area contributed by atoms with Crippen LogP contribution in [-0.2, 0) is 20.4 Å². The van der Waals surface area contributed by atoms with Crippen LogP contribution >= 0.6 is 0 Å². The fourth-order valence-electron chi connectivity index (χ4n) is 3.79. The van der Waals surface area contributed by atoms with Crippen LogP contribution in [-0.4, -0.2) is 41.0 Å². The molecule has 0 amide bonds. The zero-order valence-electron chi connectivity index (χ0n) is 20.6. The number of carbonyl (C=O) groups excluding carboxylic acids is 1. The standard InChI is InChI=1S/C26H39NO4Si/c1-19(18-30-22-15-13-20(14-16-22)17-23(28)29-5)27-25(31-32(6)7)24(26(2,3)4)21-11-9-8-10-12-21/h8-16,19,24-25,27,32H,17-18H2,1-7H3/t19-,24+,25?/m0/s1. The maximum absolute atomic E-state index is 11.4. The highest BCUT2D eigenvalue weighted by Gasteiger charge is 2.35. The van der Waals surface area contributed by atoms with Crippen LogP contribution < -0.4 is 10.1 Å². The summed E-state index contributed by atoms with van der Waals surface area (Å²) in [4.78, 5) is 11.4. The number of rotatable bonds is 11. The van der Waals surface area contributed by atoms with Crippen LogP contribution in [0.2, 0.25) is 13.1 Å². The fraction of sp³-hybridized carbons (Fsp3) is 0.500. The highest BCUT2D eigenvalue weighted by molar-refractivity contribution is 6.48. The van der Waals surface area contributed by atoms with Gasteiger partial charge in [-0.25, -0.2) is 0 Å². The predicted molar refractivity (Wildman–Crippen MR) is 133 cm³/mol. The van der Waals surface area contributed by atoms with Gasteiger partial charge in [0, 0.05) is 12.0 Å². The average molecular weight is 458 g/mol. The van der Waals surface area contributed by atoms with Gasteiger partial charge in [0.15, 0.2) is 9.04 Å². The van der Waals surface area contributed by atoms with Crippen LogP contribution in [0.1, 0.15) is 44.7 Å². The van der Waals surface area contributed by atoms with Crippen molar-refractivity contribution in [1.82, 2.24) is 5.32 Å². The van der Waals surface area contributed by atoms with Crippen molar-refractivity contribution in [3.63, 3.8) is 0 Å². The molecule has 1 unspecified atom stereocenters. The van der Waals surface area contributed by atoms with Gasteiger partial charge in [0.25, 0.3) is 0 Å². The molecule has 0 spiro atoms. The molecule has 0 aliphatic heterocycles. The van der Waals surface area contributed by atoms with E-state index in [4.69, 9.17) is 13.9 Å². The maximum atomic E-state index is 11.4. The number of hydrogen-bond donors (Lipinski definition) is 1. The summed E-state index contributed by atoms with van der Waals surface area (Å²) in [6.45, 7) is 13.8. The number of ether oxygens (including phenoxy) is 2. The summed E-state index contributed by atoms with van der Waals surface area (Å²) < 4.78 is 17.2. The van der Waals surface area contributed by atoms with Gasteiger partial charge in [0.2, 0.25) is 0 Å². The van der Waals surface area contributed by atoms with E-state index in [1.807, 2.05) is 24.3 Å². The first-order valence-electron chi connectivity index (χ1n) is 11.3. The lowest BCUT2D eigenvalue weighted by atomic mass is 9.75. The highest BCUT2D eigenvalue weighted by atomic mass is 28.3. The average Bonchev–Trinajstić information content (AvgIpc) is 2.72. The second kappa shape index (κ2) is 12.2. The molecular formula is C26H39NO4Si. The normalized spacial score (nSPS) is 14.6. The number of esters is 1. The first kappa shape index (κ1) is 26.1. The van der Waals surface area contributed by atoms with Crippen molar-refractivity contribution in [2.75, 3.05) is 13.7 Å². The minimum atomic E-state index is -1.28. The lowest BCUT2D eigenvalue weighted by Gasteiger charge is -2.40. The van der Waals surface area contributed by atoms with Crippen LogP contribution in [0.4, 0.5) is 0 Å². The molecule has 32 heavy (non-hydrogen) atoms. The summed E-state index contributed by atoms with van der Waals surface area (Å²) in [7, 11) is 0.118. The summed E-state index contributed by atoms with van der Waals surface area (Å²) in [5.41, 5.74) is 2.21. The second-order valence-corrected chi connectivity index (χ2v) is 12.0. The molecule has 3 atom stereocenters. The Balaban J connectivity index is 2.05. The quantitative estimate of drug-likeness (QED) is 0.295. The van der Waals surface area contributed by atoms with Crippen molar-refractivity contribution in [3.8, 4) is 5.75 Å². The molecule has 0 saturated heterocycles. The van der Waals surface area contributed by atoms with Crippen molar-refractivity contribution in [1.29, 1.82) is 0 Å². The Morgan fingerprint density at radius 3 is 2.19 bits per heavy atom. The number of hydrogen-bond acceptors (Lipinski definition) is 5. The Morgan fingerprint density at radius 1 is 1.03 bits per heavy atom. The molecule has 6 heteroatoms. The molecular weight excluding hydrogens is 418 g/mol. The third-order valence-corrected chi connectivity index (χ3v) is 6.10. The zero-order chi connectivity index (χ0) is 23.7. The Labute approximate surface area is 195 Å². The van der Waals surface area contributed by atoms with Gasteiger partial charge >= 0.3 is 5.97 Å². The first-order valence-corrected chi connectivity index (χ1v) is 14.1. The monoisotopic (exact) mass is 457 g/mol. The molecule has 0 heterocycles. The summed E-state index contributed by atoms with van der Waals surface area (Å²) in [6.07, 6.45) is 0.172. The summed E-state index contributed by atoms with van der Waals surface area (Å²) in [6, 6.07) is 18.3. The number of methoxy groups -OCH3 is 1. The lowest BCUT2D eigenvalue weighted by molar-refractivity contribution is -0.139. The van der Waals surface area contributed by atoms with E-state index in [2.05, 4.69) is 76.4 Å². The zero-order valence-corrected chi connectivity index (χ0v) is 21.7. The van der Waals surface area contributed by atoms with Gasteiger partial charge in [0.05, 0.1) is 13.5 Å². The molecule has 0 fully saturated rings. The molecule has 2 aromatic carbocycles. The maximum Gasteiger partial charge on any atom is 0.309 e. The molecule has 1 N–H and O–H groups in total. The summed E-state index contributed by atoms with van der Waals surface area (Å²) in [5.74, 6) is 0.736. The van der Waals surface area contributed by atoms with Crippen LogP contribution in [0.25, 0.3) is 0 Å². The number of carbonyl (C=O) groups is 1. The van der Waals surface area contributed by atoms with Gasteiger partial charge in [0.1, 0.15) is 18.6 Å². The van der Waals surface area contributed by atoms with E-state index in [0.717, 1.165) is 11.3 Å². The first-order chi connectivity index (χ1) is 15.1. The number of nitrogens with one attached hydrogen (secondary N) is 1. The van der Waals surface area contributed by atoms with Crippen molar-refractivity contribution in [2.24, 2.45) is 5.41 Å². The second-order valence-electron chi connectivity index (χ2n) is 9.64. The smallest absolute Gasteiger partial charge is 0.309 e. The van der Waals surface area contributed by atoms with Crippen molar-refractivity contribution >= 4 is 15.0 Å². The van der Waals surface area contributed by atoms with Gasteiger partial charge in [-0.2, -0.15) is 0 Å². The minimum Gasteiger partial charge on any atom is -0.492 e.